The highest BCUT2D eigenvalue weighted by Gasteiger charge is 2.17. The van der Waals surface area contributed by atoms with Crippen LogP contribution in [0, 0.1) is 0 Å². The zero-order valence-electron chi connectivity index (χ0n) is 8.95. The lowest BCUT2D eigenvalue weighted by molar-refractivity contribution is 0.500. The number of aromatic nitrogens is 2. The Hall–Kier alpha value is -0.390. The lowest BCUT2D eigenvalue weighted by Gasteiger charge is -2.01. The summed E-state index contributed by atoms with van der Waals surface area (Å²) in [5.74, 6) is 1.00. The third-order valence-electron chi connectivity index (χ3n) is 2.25. The minimum absolute atomic E-state index is 0.0784. The average molecular weight is 380 g/mol. The fraction of sp³-hybridized carbons (Fsp3) is 0.273. The molecule has 1 aromatic heterocycles. The zero-order chi connectivity index (χ0) is 12.4. The van der Waals surface area contributed by atoms with Crippen molar-refractivity contribution in [2.45, 2.75) is 18.2 Å². The first kappa shape index (κ1) is 13.1. The Morgan fingerprint density at radius 1 is 1.41 bits per heavy atom. The van der Waals surface area contributed by atoms with E-state index in [1.54, 1.807) is 0 Å². The molecule has 17 heavy (non-hydrogen) atoms. The lowest BCUT2D eigenvalue weighted by Crippen LogP contribution is -1.86. The second-order valence-electron chi connectivity index (χ2n) is 3.42. The van der Waals surface area contributed by atoms with Gasteiger partial charge in [-0.1, -0.05) is 40.5 Å². The summed E-state index contributed by atoms with van der Waals surface area (Å²) in [7, 11) is 0. The number of nitrogens with zero attached hydrogens (tertiary/aromatic N) is 2. The van der Waals surface area contributed by atoms with E-state index < -0.39 is 0 Å². The first-order valence-corrected chi connectivity index (χ1v) is 7.14. The molecule has 2 aromatic rings. The molecule has 0 aliphatic heterocycles. The molecule has 0 fully saturated rings. The maximum atomic E-state index is 6.16. The van der Waals surface area contributed by atoms with Gasteiger partial charge in [0.2, 0.25) is 11.8 Å². The predicted molar refractivity (Wildman–Crippen MR) is 74.4 cm³/mol. The van der Waals surface area contributed by atoms with Gasteiger partial charge in [0.15, 0.2) is 0 Å². The summed E-state index contributed by atoms with van der Waals surface area (Å²) in [6, 6.07) is 5.59. The van der Waals surface area contributed by atoms with E-state index in [0.29, 0.717) is 16.8 Å². The number of rotatable bonds is 3. The van der Waals surface area contributed by atoms with Gasteiger partial charge in [-0.3, -0.25) is 0 Å². The van der Waals surface area contributed by atoms with E-state index in [1.165, 1.54) is 0 Å². The first-order chi connectivity index (χ1) is 8.13. The van der Waals surface area contributed by atoms with Crippen molar-refractivity contribution in [3.05, 3.63) is 33.6 Å². The van der Waals surface area contributed by atoms with Gasteiger partial charge >= 0.3 is 0 Å². The predicted octanol–water partition coefficient (Wildman–Crippen LogP) is 5.00. The minimum atomic E-state index is 0.0784. The third kappa shape index (κ3) is 2.72. The number of halogens is 3. The molecule has 0 saturated carbocycles. The van der Waals surface area contributed by atoms with Crippen LogP contribution in [0.5, 0.6) is 0 Å². The Balaban J connectivity index is 2.40. The van der Waals surface area contributed by atoms with Crippen LogP contribution >= 0.6 is 43.5 Å². The number of benzene rings is 1. The summed E-state index contributed by atoms with van der Waals surface area (Å²) in [5.41, 5.74) is 0.732. The molecular weight excluding hydrogens is 371 g/mol. The highest BCUT2D eigenvalue weighted by molar-refractivity contribution is 9.10. The summed E-state index contributed by atoms with van der Waals surface area (Å²) in [6.07, 6.45) is 0.883. The second kappa shape index (κ2) is 5.50. The SMILES string of the molecule is CCC(Br)c1nnc(-c2cccc(Br)c2Cl)o1. The van der Waals surface area contributed by atoms with Gasteiger partial charge in [-0.05, 0) is 34.5 Å². The summed E-state index contributed by atoms with van der Waals surface area (Å²) < 4.78 is 6.39. The Morgan fingerprint density at radius 3 is 2.88 bits per heavy atom. The maximum absolute atomic E-state index is 6.16. The van der Waals surface area contributed by atoms with Crippen LogP contribution < -0.4 is 0 Å². The Kier molecular flexibility index (Phi) is 4.22. The van der Waals surface area contributed by atoms with E-state index >= 15 is 0 Å². The fourth-order valence-electron chi connectivity index (χ4n) is 1.31. The van der Waals surface area contributed by atoms with Crippen molar-refractivity contribution in [2.75, 3.05) is 0 Å². The summed E-state index contributed by atoms with van der Waals surface area (Å²) in [4.78, 5) is 0.0784. The van der Waals surface area contributed by atoms with Gasteiger partial charge < -0.3 is 4.42 Å². The molecular formula is C11H9Br2ClN2O. The largest absolute Gasteiger partial charge is 0.419 e. The van der Waals surface area contributed by atoms with Crippen molar-refractivity contribution in [3.8, 4) is 11.5 Å². The van der Waals surface area contributed by atoms with Crippen LogP contribution in [0.25, 0.3) is 11.5 Å². The van der Waals surface area contributed by atoms with Gasteiger partial charge in [0.05, 0.1) is 15.4 Å². The quantitative estimate of drug-likeness (QED) is 0.704. The fourth-order valence-corrected chi connectivity index (χ4v) is 2.07. The normalized spacial score (nSPS) is 12.7. The van der Waals surface area contributed by atoms with Crippen molar-refractivity contribution >= 4 is 43.5 Å². The molecule has 1 heterocycles. The molecule has 1 aromatic carbocycles. The third-order valence-corrected chi connectivity index (χ3v) is 4.58. The van der Waals surface area contributed by atoms with Crippen LogP contribution in [-0.4, -0.2) is 10.2 Å². The monoisotopic (exact) mass is 378 g/mol. The molecule has 0 bridgehead atoms. The van der Waals surface area contributed by atoms with E-state index in [0.717, 1.165) is 16.5 Å². The van der Waals surface area contributed by atoms with Crippen LogP contribution in [0.3, 0.4) is 0 Å². The maximum Gasteiger partial charge on any atom is 0.249 e. The van der Waals surface area contributed by atoms with E-state index in [1.807, 2.05) is 25.1 Å². The standard InChI is InChI=1S/C11H9Br2ClN2O/c1-2-7(12)11-16-15-10(17-11)6-4-3-5-8(13)9(6)14/h3-5,7H,2H2,1H3. The van der Waals surface area contributed by atoms with Crippen molar-refractivity contribution in [1.82, 2.24) is 10.2 Å². The lowest BCUT2D eigenvalue weighted by atomic mass is 10.2. The molecule has 0 saturated heterocycles. The van der Waals surface area contributed by atoms with Gasteiger partial charge in [-0.25, -0.2) is 0 Å². The topological polar surface area (TPSA) is 38.9 Å². The molecule has 6 heteroatoms. The molecule has 0 aliphatic rings. The first-order valence-electron chi connectivity index (χ1n) is 5.05. The van der Waals surface area contributed by atoms with Gasteiger partial charge in [-0.15, -0.1) is 10.2 Å². The van der Waals surface area contributed by atoms with Crippen LogP contribution in [0.2, 0.25) is 5.02 Å². The van der Waals surface area contributed by atoms with Gasteiger partial charge in [0, 0.05) is 4.47 Å². The molecule has 0 aliphatic carbocycles. The second-order valence-corrected chi connectivity index (χ2v) is 5.76. The number of hydrogen-bond acceptors (Lipinski definition) is 3. The smallest absolute Gasteiger partial charge is 0.249 e. The van der Waals surface area contributed by atoms with E-state index in [2.05, 4.69) is 42.1 Å². The van der Waals surface area contributed by atoms with Crippen LogP contribution in [-0.2, 0) is 0 Å². The van der Waals surface area contributed by atoms with Crippen LogP contribution in [0.1, 0.15) is 24.1 Å². The molecule has 0 N–H and O–H groups in total. The molecule has 0 spiro atoms. The molecule has 0 radical (unpaired) electrons. The molecule has 90 valence electrons. The van der Waals surface area contributed by atoms with Crippen molar-refractivity contribution in [1.29, 1.82) is 0 Å². The van der Waals surface area contributed by atoms with Gasteiger partial charge in [0.25, 0.3) is 0 Å². The van der Waals surface area contributed by atoms with Crippen LogP contribution in [0.4, 0.5) is 0 Å². The molecule has 0 amide bonds. The Morgan fingerprint density at radius 2 is 2.18 bits per heavy atom. The Bertz CT molecular complexity index is 530. The minimum Gasteiger partial charge on any atom is -0.419 e. The zero-order valence-corrected chi connectivity index (χ0v) is 12.9. The molecule has 1 atom stereocenters. The average Bonchev–Trinajstić information content (AvgIpc) is 2.81. The summed E-state index contributed by atoms with van der Waals surface area (Å²) in [5, 5.41) is 8.58. The highest BCUT2D eigenvalue weighted by atomic mass is 79.9. The van der Waals surface area contributed by atoms with Gasteiger partial charge in [0.1, 0.15) is 0 Å². The summed E-state index contributed by atoms with van der Waals surface area (Å²) >= 11 is 13.0. The van der Waals surface area contributed by atoms with E-state index in [9.17, 15) is 0 Å². The number of hydrogen-bond donors (Lipinski definition) is 0. The van der Waals surface area contributed by atoms with E-state index in [-0.39, 0.29) is 4.83 Å². The van der Waals surface area contributed by atoms with Gasteiger partial charge in [-0.2, -0.15) is 0 Å². The summed E-state index contributed by atoms with van der Waals surface area (Å²) in [6.45, 7) is 2.04. The molecule has 3 nitrogen and oxygen atoms in total. The van der Waals surface area contributed by atoms with Crippen molar-refractivity contribution in [2.24, 2.45) is 0 Å². The highest BCUT2D eigenvalue weighted by Crippen LogP contribution is 2.34. The molecule has 1 unspecified atom stereocenters. The number of alkyl halides is 1. The Labute approximate surface area is 121 Å². The van der Waals surface area contributed by atoms with Crippen molar-refractivity contribution in [3.63, 3.8) is 0 Å². The van der Waals surface area contributed by atoms with Crippen molar-refractivity contribution < 1.29 is 4.42 Å². The molecule has 2 rings (SSSR count). The van der Waals surface area contributed by atoms with Crippen LogP contribution in [0.15, 0.2) is 27.1 Å². The van der Waals surface area contributed by atoms with E-state index in [4.69, 9.17) is 16.0 Å².